The average molecular weight is 900 g/mol. The molecule has 4 aromatic carbocycles. The lowest BCUT2D eigenvalue weighted by Gasteiger charge is -2.45. The van der Waals surface area contributed by atoms with E-state index in [2.05, 4.69) is 25.7 Å². The number of rotatable bonds is 6. The highest BCUT2D eigenvalue weighted by atomic mass is 35.5. The summed E-state index contributed by atoms with van der Waals surface area (Å²) in [5.41, 5.74) is 8.35. The largest absolute Gasteiger partial charge is 0.478 e. The summed E-state index contributed by atoms with van der Waals surface area (Å²) in [5.74, 6) is -1.15. The normalized spacial score (nSPS) is 14.2. The molecule has 1 amide bonds. The fourth-order valence-corrected chi connectivity index (χ4v) is 7.51. The smallest absolute Gasteiger partial charge is 0.335 e. The number of carboxylic acid groups (broad SMARTS) is 1. The van der Waals surface area contributed by atoms with Gasteiger partial charge in [-0.05, 0) is 111 Å². The van der Waals surface area contributed by atoms with Gasteiger partial charge in [0, 0.05) is 40.9 Å². The minimum Gasteiger partial charge on any atom is -0.478 e. The van der Waals surface area contributed by atoms with Gasteiger partial charge in [0.15, 0.2) is 11.3 Å². The summed E-state index contributed by atoms with van der Waals surface area (Å²) < 4.78 is 29.0. The predicted octanol–water partition coefficient (Wildman–Crippen LogP) is 9.95. The van der Waals surface area contributed by atoms with Crippen molar-refractivity contribution < 1.29 is 23.5 Å². The highest BCUT2D eigenvalue weighted by Gasteiger charge is 2.47. The van der Waals surface area contributed by atoms with Gasteiger partial charge in [-0.2, -0.15) is 20.7 Å². The molecule has 2 fully saturated rings. The number of hydrogen-bond donors (Lipinski definition) is 4. The fourth-order valence-electron chi connectivity index (χ4n) is 7.24. The molecule has 4 heterocycles. The van der Waals surface area contributed by atoms with E-state index in [4.69, 9.17) is 38.8 Å². The molecule has 0 atom stereocenters. The summed E-state index contributed by atoms with van der Waals surface area (Å²) in [7, 11) is 0. The molecule has 2 saturated heterocycles. The van der Waals surface area contributed by atoms with Crippen molar-refractivity contribution in [3.05, 3.63) is 150 Å². The molecular weight excluding hydrogens is 857 g/mol. The number of H-pyrrole nitrogens is 2. The maximum atomic E-state index is 15.3. The first-order valence-corrected chi connectivity index (χ1v) is 19.9. The Balaban J connectivity index is 0.000000192. The van der Waals surface area contributed by atoms with Crippen LogP contribution in [-0.2, 0) is 11.3 Å². The van der Waals surface area contributed by atoms with E-state index in [1.807, 2.05) is 65.0 Å². The third-order valence-electron chi connectivity index (χ3n) is 11.1. The lowest BCUT2D eigenvalue weighted by Crippen LogP contribution is -2.58. The second-order valence-electron chi connectivity index (χ2n) is 15.4. The number of carboxylic acids is 1. The molecule has 0 bridgehead atoms. The van der Waals surface area contributed by atoms with Crippen molar-refractivity contribution in [2.45, 2.75) is 52.9 Å². The van der Waals surface area contributed by atoms with Gasteiger partial charge in [0.1, 0.15) is 10.3 Å². The Labute approximate surface area is 374 Å². The van der Waals surface area contributed by atoms with Gasteiger partial charge in [-0.25, -0.2) is 13.6 Å². The van der Waals surface area contributed by atoms with Gasteiger partial charge in [-0.1, -0.05) is 59.6 Å². The summed E-state index contributed by atoms with van der Waals surface area (Å²) in [4.78, 5) is 25.8. The third kappa shape index (κ3) is 9.52. The van der Waals surface area contributed by atoms with E-state index in [0.29, 0.717) is 62.6 Å². The Bertz CT molecular complexity index is 2730. The lowest BCUT2D eigenvalue weighted by molar-refractivity contribution is -0.0231. The summed E-state index contributed by atoms with van der Waals surface area (Å²) in [6.45, 7) is 12.0. The molecule has 2 aromatic heterocycles. The van der Waals surface area contributed by atoms with E-state index in [9.17, 15) is 14.0 Å². The quantitative estimate of drug-likeness (QED) is 0.128. The van der Waals surface area contributed by atoms with Crippen LogP contribution in [0.4, 0.5) is 8.78 Å². The molecule has 0 saturated carbocycles. The second-order valence-corrected chi connectivity index (χ2v) is 16.1. The number of aromatic carboxylic acids is 1. The summed E-state index contributed by atoms with van der Waals surface area (Å²) in [5, 5.41) is 44.3. The first kappa shape index (κ1) is 47.0. The number of carbonyl (C=O) groups excluding carboxylic acids is 1. The van der Waals surface area contributed by atoms with Crippen molar-refractivity contribution in [1.29, 1.82) is 10.5 Å². The van der Waals surface area contributed by atoms with Crippen LogP contribution in [0.15, 0.2) is 72.8 Å². The fraction of sp³-hybridized carbons (Fsp3) is 0.261. The van der Waals surface area contributed by atoms with Crippen LogP contribution in [0, 0.1) is 64.2 Å². The molecule has 0 spiro atoms. The van der Waals surface area contributed by atoms with Crippen LogP contribution in [-0.4, -0.2) is 68.5 Å². The highest BCUT2D eigenvalue weighted by Crippen LogP contribution is 2.39. The Morgan fingerprint density at radius 3 is 1.44 bits per heavy atom. The number of aryl methyl sites for hydroxylation is 4. The number of aromatic nitrogens is 4. The van der Waals surface area contributed by atoms with Gasteiger partial charge in [0.25, 0.3) is 5.91 Å². The monoisotopic (exact) mass is 898 g/mol. The van der Waals surface area contributed by atoms with Crippen LogP contribution in [0.2, 0.25) is 10.3 Å². The van der Waals surface area contributed by atoms with Crippen LogP contribution < -0.4 is 5.32 Å². The summed E-state index contributed by atoms with van der Waals surface area (Å²) >= 11 is 12.0. The molecule has 16 heteroatoms. The number of alkyl halides is 2. The van der Waals surface area contributed by atoms with E-state index in [0.717, 1.165) is 44.5 Å². The van der Waals surface area contributed by atoms with E-state index in [1.54, 1.807) is 61.5 Å². The Kier molecular flexibility index (Phi) is 14.3. The summed E-state index contributed by atoms with van der Waals surface area (Å²) in [6, 6.07) is 24.3. The lowest BCUT2D eigenvalue weighted by atomic mass is 9.86. The standard InChI is InChI=1S/C23H20ClFN4O.C13H13ClN2O2.C10H9FN2.ClH/c1-13-8-14(2)19(9-18(13)20-15(3)21(24)28-27-20)22(30)29-11-23(25,12-29)17-6-4-16(10-26)5-7-17;1-6-4-7(2)10(13(17)18)5-9(6)11-8(3)12(14)16-15-11;11-10(6-13-7-10)9-3-1-8(5-12)2-4-9;/h4-9H,11-12H2,1-3H3,(H,27,28);4-5H,1-3H3,(H,15,16)(H,17,18);1-4,13H,6-7H2;1H. The van der Waals surface area contributed by atoms with E-state index < -0.39 is 17.3 Å². The van der Waals surface area contributed by atoms with Gasteiger partial charge in [0.2, 0.25) is 0 Å². The Hall–Kier alpha value is -6.09. The van der Waals surface area contributed by atoms with E-state index in [-0.39, 0.29) is 37.0 Å². The second kappa shape index (κ2) is 18.9. The summed E-state index contributed by atoms with van der Waals surface area (Å²) in [6.07, 6.45) is 0. The van der Waals surface area contributed by atoms with Crippen molar-refractivity contribution in [2.24, 2.45) is 0 Å². The van der Waals surface area contributed by atoms with Crippen LogP contribution >= 0.6 is 35.6 Å². The molecule has 320 valence electrons. The average Bonchev–Trinajstić information content (AvgIpc) is 3.73. The van der Waals surface area contributed by atoms with Gasteiger partial charge >= 0.3 is 5.97 Å². The minimum absolute atomic E-state index is 0. The zero-order chi connectivity index (χ0) is 44.4. The van der Waals surface area contributed by atoms with Crippen LogP contribution in [0.25, 0.3) is 22.5 Å². The first-order chi connectivity index (χ1) is 28.9. The number of carbonyl (C=O) groups is 2. The molecule has 0 aliphatic carbocycles. The number of nitriles is 2. The maximum Gasteiger partial charge on any atom is 0.335 e. The number of nitrogens with zero attached hydrogens (tertiary/aromatic N) is 5. The molecule has 0 radical (unpaired) electrons. The molecule has 2 aliphatic heterocycles. The van der Waals surface area contributed by atoms with Crippen molar-refractivity contribution in [2.75, 3.05) is 26.2 Å². The first-order valence-electron chi connectivity index (χ1n) is 19.2. The topological polar surface area (TPSA) is 175 Å². The Morgan fingerprint density at radius 1 is 0.677 bits per heavy atom. The highest BCUT2D eigenvalue weighted by molar-refractivity contribution is 6.30. The third-order valence-corrected chi connectivity index (χ3v) is 11.8. The van der Waals surface area contributed by atoms with Crippen LogP contribution in [0.5, 0.6) is 0 Å². The van der Waals surface area contributed by atoms with Crippen molar-refractivity contribution in [3.8, 4) is 34.7 Å². The Morgan fingerprint density at radius 2 is 1.08 bits per heavy atom. The zero-order valence-corrected chi connectivity index (χ0v) is 37.0. The molecule has 4 N–H and O–H groups in total. The molecule has 2 aliphatic rings. The van der Waals surface area contributed by atoms with E-state index >= 15 is 4.39 Å². The number of amides is 1. The van der Waals surface area contributed by atoms with Gasteiger partial charge in [0.05, 0.1) is 53.3 Å². The van der Waals surface area contributed by atoms with Gasteiger partial charge in [-0.3, -0.25) is 15.0 Å². The van der Waals surface area contributed by atoms with Gasteiger partial charge < -0.3 is 15.3 Å². The minimum atomic E-state index is -1.60. The van der Waals surface area contributed by atoms with Crippen molar-refractivity contribution in [1.82, 2.24) is 30.6 Å². The number of hydrogen-bond acceptors (Lipinski definition) is 7. The van der Waals surface area contributed by atoms with Gasteiger partial charge in [-0.15, -0.1) is 12.4 Å². The molecule has 0 unspecified atom stereocenters. The zero-order valence-electron chi connectivity index (χ0n) is 34.7. The van der Waals surface area contributed by atoms with Crippen LogP contribution in [0.1, 0.15) is 76.4 Å². The number of nitrogens with one attached hydrogen (secondary N) is 3. The molecular formula is C46H43Cl3F2N8O3. The number of benzene rings is 4. The number of aromatic amines is 2. The SMILES string of the molecule is Cc1cc(C)c(-c2n[nH]c(Cl)c2C)cc1C(=O)N1CC(F)(c2ccc(C#N)cc2)C1.Cc1cc(C)c(-c2n[nH]c(Cl)c2C)cc1C(=O)O.Cl.N#Cc1ccc(C2(F)CNC2)cc1. The van der Waals surface area contributed by atoms with Crippen molar-refractivity contribution >= 4 is 47.5 Å². The molecule has 8 rings (SSSR count). The van der Waals surface area contributed by atoms with Crippen LogP contribution in [0.3, 0.4) is 0 Å². The molecule has 11 nitrogen and oxygen atoms in total. The maximum absolute atomic E-state index is 15.3. The van der Waals surface area contributed by atoms with E-state index in [1.165, 1.54) is 4.90 Å². The number of halogens is 5. The predicted molar refractivity (Wildman–Crippen MR) is 237 cm³/mol. The van der Waals surface area contributed by atoms with Crippen molar-refractivity contribution in [3.63, 3.8) is 0 Å². The molecule has 62 heavy (non-hydrogen) atoms. The number of likely N-dealkylation sites (tertiary alicyclic amines) is 1. The molecule has 6 aromatic rings.